The molecular formula is C17H25NO3. The summed E-state index contributed by atoms with van der Waals surface area (Å²) < 4.78 is 5.97. The Morgan fingerprint density at radius 1 is 1.29 bits per heavy atom. The van der Waals surface area contributed by atoms with Crippen LogP contribution < -0.4 is 5.32 Å². The number of hydrogen-bond donors (Lipinski definition) is 2. The lowest BCUT2D eigenvalue weighted by atomic mass is 9.90. The number of benzene rings is 1. The molecular weight excluding hydrogens is 266 g/mol. The number of likely N-dealkylation sites (N-methyl/N-ethyl adjacent to an activating group) is 1. The molecule has 0 bridgehead atoms. The van der Waals surface area contributed by atoms with Crippen LogP contribution in [0.2, 0.25) is 0 Å². The van der Waals surface area contributed by atoms with Gasteiger partial charge in [-0.2, -0.15) is 0 Å². The summed E-state index contributed by atoms with van der Waals surface area (Å²) in [6.45, 7) is 2.67. The van der Waals surface area contributed by atoms with Gasteiger partial charge in [-0.15, -0.1) is 0 Å². The molecule has 1 atom stereocenters. The van der Waals surface area contributed by atoms with E-state index in [1.807, 2.05) is 37.3 Å². The summed E-state index contributed by atoms with van der Waals surface area (Å²) in [5.41, 5.74) is -0.414. The maximum Gasteiger partial charge on any atom is 0.331 e. The summed E-state index contributed by atoms with van der Waals surface area (Å²) in [5, 5.41) is 12.9. The number of carboxylic acids is 1. The Labute approximate surface area is 126 Å². The van der Waals surface area contributed by atoms with Crippen molar-refractivity contribution in [2.24, 2.45) is 0 Å². The van der Waals surface area contributed by atoms with E-state index >= 15 is 0 Å². The first-order valence-electron chi connectivity index (χ1n) is 7.84. The molecule has 0 saturated heterocycles. The van der Waals surface area contributed by atoms with Crippen LogP contribution in [0.15, 0.2) is 30.3 Å². The molecule has 4 nitrogen and oxygen atoms in total. The molecule has 1 aliphatic rings. The SMILES string of the molecule is CCNC(COC1CCCCC1)(C(=O)O)c1ccccc1. The monoisotopic (exact) mass is 291 g/mol. The molecule has 1 unspecified atom stereocenters. The van der Waals surface area contributed by atoms with E-state index in [1.165, 1.54) is 19.3 Å². The number of rotatable bonds is 7. The summed E-state index contributed by atoms with van der Waals surface area (Å²) in [4.78, 5) is 11.9. The van der Waals surface area contributed by atoms with Crippen molar-refractivity contribution in [2.75, 3.05) is 13.2 Å². The van der Waals surface area contributed by atoms with Gasteiger partial charge in [0.05, 0.1) is 12.7 Å². The number of carbonyl (C=O) groups is 1. The molecule has 21 heavy (non-hydrogen) atoms. The average molecular weight is 291 g/mol. The van der Waals surface area contributed by atoms with Gasteiger partial charge in [0.2, 0.25) is 0 Å². The van der Waals surface area contributed by atoms with Gasteiger partial charge in [0.15, 0.2) is 5.54 Å². The third-order valence-corrected chi connectivity index (χ3v) is 4.20. The standard InChI is InChI=1S/C17H25NO3/c1-2-18-17(16(19)20,14-9-5-3-6-10-14)13-21-15-11-7-4-8-12-15/h3,5-6,9-10,15,18H,2,4,7-8,11-13H2,1H3,(H,19,20). The van der Waals surface area contributed by atoms with Crippen molar-refractivity contribution >= 4 is 5.97 Å². The summed E-state index contributed by atoms with van der Waals surface area (Å²) in [6, 6.07) is 9.32. The second kappa shape index (κ2) is 7.57. The molecule has 1 aromatic carbocycles. The minimum atomic E-state index is -1.16. The Bertz CT molecular complexity index is 443. The van der Waals surface area contributed by atoms with Gasteiger partial charge in [-0.3, -0.25) is 5.32 Å². The van der Waals surface area contributed by atoms with Gasteiger partial charge in [0.25, 0.3) is 0 Å². The zero-order chi connectivity index (χ0) is 15.1. The van der Waals surface area contributed by atoms with Crippen molar-refractivity contribution in [2.45, 2.75) is 50.7 Å². The number of ether oxygens (including phenoxy) is 1. The number of nitrogens with one attached hydrogen (secondary N) is 1. The quantitative estimate of drug-likeness (QED) is 0.811. The first kappa shape index (κ1) is 16.0. The molecule has 1 aromatic rings. The summed E-state index contributed by atoms with van der Waals surface area (Å²) in [7, 11) is 0. The smallest absolute Gasteiger partial charge is 0.331 e. The van der Waals surface area contributed by atoms with Gasteiger partial charge in [-0.05, 0) is 24.9 Å². The maximum atomic E-state index is 11.9. The Hall–Kier alpha value is -1.39. The first-order valence-corrected chi connectivity index (χ1v) is 7.84. The van der Waals surface area contributed by atoms with Crippen LogP contribution in [-0.4, -0.2) is 30.3 Å². The fraction of sp³-hybridized carbons (Fsp3) is 0.588. The topological polar surface area (TPSA) is 58.6 Å². The van der Waals surface area contributed by atoms with Crippen molar-refractivity contribution in [3.05, 3.63) is 35.9 Å². The Balaban J connectivity index is 2.16. The Morgan fingerprint density at radius 2 is 1.95 bits per heavy atom. The third-order valence-electron chi connectivity index (χ3n) is 4.20. The van der Waals surface area contributed by atoms with Crippen molar-refractivity contribution in [1.82, 2.24) is 5.32 Å². The number of carboxylic acid groups (broad SMARTS) is 1. The van der Waals surface area contributed by atoms with Crippen molar-refractivity contribution in [3.8, 4) is 0 Å². The van der Waals surface area contributed by atoms with Crippen LogP contribution in [0.5, 0.6) is 0 Å². The second-order valence-corrected chi connectivity index (χ2v) is 5.68. The van der Waals surface area contributed by atoms with E-state index in [0.717, 1.165) is 18.4 Å². The van der Waals surface area contributed by atoms with Gasteiger partial charge in [0, 0.05) is 0 Å². The molecule has 0 aromatic heterocycles. The van der Waals surface area contributed by atoms with Gasteiger partial charge >= 0.3 is 5.97 Å². The zero-order valence-electron chi connectivity index (χ0n) is 12.7. The predicted octanol–water partition coefficient (Wildman–Crippen LogP) is 2.93. The highest BCUT2D eigenvalue weighted by Crippen LogP contribution is 2.26. The molecule has 1 fully saturated rings. The maximum absolute atomic E-state index is 11.9. The lowest BCUT2D eigenvalue weighted by Gasteiger charge is -2.33. The Kier molecular flexibility index (Phi) is 5.76. The van der Waals surface area contributed by atoms with Crippen LogP contribution in [0.4, 0.5) is 0 Å². The van der Waals surface area contributed by atoms with E-state index in [0.29, 0.717) is 6.54 Å². The molecule has 2 N–H and O–H groups in total. The average Bonchev–Trinajstić information content (AvgIpc) is 2.53. The number of aliphatic carboxylic acids is 1. The summed E-state index contributed by atoms with van der Waals surface area (Å²) in [5.74, 6) is -0.883. The molecule has 0 aliphatic heterocycles. The minimum Gasteiger partial charge on any atom is -0.480 e. The van der Waals surface area contributed by atoms with E-state index < -0.39 is 11.5 Å². The fourth-order valence-corrected chi connectivity index (χ4v) is 3.00. The van der Waals surface area contributed by atoms with E-state index in [-0.39, 0.29) is 12.7 Å². The second-order valence-electron chi connectivity index (χ2n) is 5.68. The highest BCUT2D eigenvalue weighted by molar-refractivity contribution is 5.81. The van der Waals surface area contributed by atoms with Crippen LogP contribution in [0.1, 0.15) is 44.6 Å². The molecule has 1 aliphatic carbocycles. The van der Waals surface area contributed by atoms with Crippen LogP contribution >= 0.6 is 0 Å². The molecule has 116 valence electrons. The third kappa shape index (κ3) is 3.83. The van der Waals surface area contributed by atoms with Crippen LogP contribution in [0, 0.1) is 0 Å². The van der Waals surface area contributed by atoms with E-state index in [9.17, 15) is 9.90 Å². The van der Waals surface area contributed by atoms with Crippen molar-refractivity contribution in [1.29, 1.82) is 0 Å². The highest BCUT2D eigenvalue weighted by Gasteiger charge is 2.40. The molecule has 1 saturated carbocycles. The number of hydrogen-bond acceptors (Lipinski definition) is 3. The zero-order valence-corrected chi connectivity index (χ0v) is 12.7. The molecule has 0 spiro atoms. The molecule has 4 heteroatoms. The Morgan fingerprint density at radius 3 is 2.52 bits per heavy atom. The molecule has 0 radical (unpaired) electrons. The van der Waals surface area contributed by atoms with Gasteiger partial charge in [-0.25, -0.2) is 4.79 Å². The lowest BCUT2D eigenvalue weighted by molar-refractivity contribution is -0.150. The largest absolute Gasteiger partial charge is 0.480 e. The van der Waals surface area contributed by atoms with Gasteiger partial charge in [-0.1, -0.05) is 56.5 Å². The summed E-state index contributed by atoms with van der Waals surface area (Å²) >= 11 is 0. The van der Waals surface area contributed by atoms with Crippen LogP contribution in [-0.2, 0) is 15.1 Å². The minimum absolute atomic E-state index is 0.171. The molecule has 2 rings (SSSR count). The van der Waals surface area contributed by atoms with E-state index in [4.69, 9.17) is 4.74 Å². The van der Waals surface area contributed by atoms with Crippen molar-refractivity contribution in [3.63, 3.8) is 0 Å². The normalized spacial score (nSPS) is 19.1. The fourth-order valence-electron chi connectivity index (χ4n) is 3.00. The first-order chi connectivity index (χ1) is 10.2. The van der Waals surface area contributed by atoms with Crippen LogP contribution in [0.3, 0.4) is 0 Å². The van der Waals surface area contributed by atoms with E-state index in [2.05, 4.69) is 5.32 Å². The van der Waals surface area contributed by atoms with Gasteiger partial charge < -0.3 is 9.84 Å². The molecule has 0 heterocycles. The predicted molar refractivity (Wildman–Crippen MR) is 82.3 cm³/mol. The van der Waals surface area contributed by atoms with Crippen molar-refractivity contribution < 1.29 is 14.6 Å². The van der Waals surface area contributed by atoms with Gasteiger partial charge in [0.1, 0.15) is 0 Å². The van der Waals surface area contributed by atoms with E-state index in [1.54, 1.807) is 0 Å². The lowest BCUT2D eigenvalue weighted by Crippen LogP contribution is -2.53. The van der Waals surface area contributed by atoms with Crippen LogP contribution in [0.25, 0.3) is 0 Å². The summed E-state index contributed by atoms with van der Waals surface area (Å²) in [6.07, 6.45) is 5.89. The molecule has 0 amide bonds. The highest BCUT2D eigenvalue weighted by atomic mass is 16.5.